The van der Waals surface area contributed by atoms with Gasteiger partial charge in [-0.3, -0.25) is 10.1 Å². The lowest BCUT2D eigenvalue weighted by atomic mass is 9.82. The molecular formula is C29H37BrN2O3. The summed E-state index contributed by atoms with van der Waals surface area (Å²) in [6, 6.07) is 19.5. The van der Waals surface area contributed by atoms with Crippen LogP contribution in [0.4, 0.5) is 0 Å². The number of carbonyl (C=O) groups excluding carboxylic acids is 2. The van der Waals surface area contributed by atoms with Crippen molar-refractivity contribution in [1.82, 2.24) is 5.32 Å². The van der Waals surface area contributed by atoms with Crippen LogP contribution in [-0.2, 0) is 9.53 Å². The van der Waals surface area contributed by atoms with Crippen LogP contribution in [0.15, 0.2) is 60.7 Å². The van der Waals surface area contributed by atoms with Gasteiger partial charge in [0.15, 0.2) is 6.10 Å². The Kier molecular flexibility index (Phi) is 8.79. The molecule has 4 fully saturated rings. The monoisotopic (exact) mass is 540 g/mol. The molecule has 0 radical (unpaired) electrons. The van der Waals surface area contributed by atoms with E-state index in [2.05, 4.69) is 5.32 Å². The molecule has 0 aromatic heterocycles. The predicted molar refractivity (Wildman–Crippen MR) is 132 cm³/mol. The molecule has 3 aliphatic heterocycles. The zero-order chi connectivity index (χ0) is 23.4. The summed E-state index contributed by atoms with van der Waals surface area (Å²) in [5.74, 6) is 0.428. The highest BCUT2D eigenvalue weighted by atomic mass is 79.9. The normalized spacial score (nSPS) is 27.0. The largest absolute Gasteiger partial charge is 1.00 e. The Morgan fingerprint density at radius 1 is 0.886 bits per heavy atom. The van der Waals surface area contributed by atoms with E-state index < -0.39 is 6.04 Å². The molecule has 3 heterocycles. The Balaban J connectivity index is 0.00000289. The van der Waals surface area contributed by atoms with Crippen molar-refractivity contribution in [2.75, 3.05) is 26.2 Å². The molecule has 6 heteroatoms. The standard InChI is InChI=1S/C29H37N2O3.BrH/c32-26(22-10-4-1-5-11-22)20-31-18-16-23(17-19-31)27(21-31)34-29(33)28(24-12-6-2-7-13-24)30-25-14-8-3-9-15-25;/h1-2,4-7,10-13,23,25,27-28,30H,3,8-9,14-21H2;1H/q+1;/p-1/t23?,27-,28?,31?;/m0./s1. The van der Waals surface area contributed by atoms with Crippen LogP contribution in [0.1, 0.15) is 66.9 Å². The first kappa shape index (κ1) is 26.1. The van der Waals surface area contributed by atoms with Gasteiger partial charge in [0, 0.05) is 30.4 Å². The third-order valence-corrected chi connectivity index (χ3v) is 8.26. The lowest BCUT2D eigenvalue weighted by Crippen LogP contribution is -3.00. The number of benzene rings is 2. The van der Waals surface area contributed by atoms with Crippen LogP contribution in [0.2, 0.25) is 0 Å². The van der Waals surface area contributed by atoms with Gasteiger partial charge in [0.2, 0.25) is 5.78 Å². The third-order valence-electron chi connectivity index (χ3n) is 8.26. The first-order valence-corrected chi connectivity index (χ1v) is 13.1. The maximum atomic E-state index is 13.6. The fraction of sp³-hybridized carbons (Fsp3) is 0.517. The van der Waals surface area contributed by atoms with Crippen molar-refractivity contribution < 1.29 is 35.8 Å². The van der Waals surface area contributed by atoms with E-state index in [1.165, 1.54) is 19.3 Å². The number of nitrogens with zero attached hydrogens (tertiary/aromatic N) is 1. The number of ether oxygens (including phenoxy) is 1. The van der Waals surface area contributed by atoms with Gasteiger partial charge in [0.1, 0.15) is 19.1 Å². The minimum Gasteiger partial charge on any atom is -1.00 e. The van der Waals surface area contributed by atoms with Crippen LogP contribution in [0.25, 0.3) is 0 Å². The highest BCUT2D eigenvalue weighted by molar-refractivity contribution is 5.97. The van der Waals surface area contributed by atoms with Gasteiger partial charge < -0.3 is 26.2 Å². The highest BCUT2D eigenvalue weighted by Gasteiger charge is 2.49. The van der Waals surface area contributed by atoms with Gasteiger partial charge in [0.05, 0.1) is 13.1 Å². The minimum atomic E-state index is -0.431. The summed E-state index contributed by atoms with van der Waals surface area (Å²) in [7, 11) is 0. The fourth-order valence-corrected chi connectivity index (χ4v) is 6.26. The van der Waals surface area contributed by atoms with Crippen molar-refractivity contribution in [2.45, 2.75) is 63.1 Å². The van der Waals surface area contributed by atoms with Crippen LogP contribution >= 0.6 is 0 Å². The predicted octanol–water partition coefficient (Wildman–Crippen LogP) is 1.69. The lowest BCUT2D eigenvalue weighted by molar-refractivity contribution is -0.938. The molecule has 0 spiro atoms. The summed E-state index contributed by atoms with van der Waals surface area (Å²) in [5.41, 5.74) is 1.75. The second-order valence-electron chi connectivity index (χ2n) is 10.6. The number of nitrogens with one attached hydrogen (secondary N) is 1. The number of hydrogen-bond acceptors (Lipinski definition) is 4. The molecule has 2 aromatic carbocycles. The Labute approximate surface area is 219 Å². The van der Waals surface area contributed by atoms with Crippen LogP contribution in [0, 0.1) is 5.92 Å². The number of carbonyl (C=O) groups is 2. The molecule has 35 heavy (non-hydrogen) atoms. The second-order valence-corrected chi connectivity index (χ2v) is 10.6. The van der Waals surface area contributed by atoms with Crippen LogP contribution in [-0.4, -0.2) is 54.6 Å². The molecule has 4 aliphatic rings. The van der Waals surface area contributed by atoms with Gasteiger partial charge in [-0.15, -0.1) is 0 Å². The smallest absolute Gasteiger partial charge is 0.328 e. The molecule has 1 unspecified atom stereocenters. The van der Waals surface area contributed by atoms with E-state index in [4.69, 9.17) is 4.74 Å². The SMILES string of the molecule is O=C(C[N+]12CCC(CC1)[C@@H](OC(=O)C(NC1CCCCC1)c1ccccc1)C2)c1ccccc1.[Br-]. The summed E-state index contributed by atoms with van der Waals surface area (Å²) in [4.78, 5) is 26.6. The van der Waals surface area contributed by atoms with Crippen molar-refractivity contribution in [2.24, 2.45) is 5.92 Å². The second kappa shape index (κ2) is 11.8. The van der Waals surface area contributed by atoms with Crippen molar-refractivity contribution in [3.8, 4) is 0 Å². The number of piperidine rings is 3. The molecule has 2 aromatic rings. The lowest BCUT2D eigenvalue weighted by Gasteiger charge is -2.51. The fourth-order valence-electron chi connectivity index (χ4n) is 6.26. The summed E-state index contributed by atoms with van der Waals surface area (Å²) in [6.45, 7) is 3.24. The maximum Gasteiger partial charge on any atom is 0.328 e. The van der Waals surface area contributed by atoms with Gasteiger partial charge in [0.25, 0.3) is 0 Å². The molecular weight excluding hydrogens is 504 g/mol. The van der Waals surface area contributed by atoms with E-state index in [0.29, 0.717) is 18.5 Å². The van der Waals surface area contributed by atoms with Crippen molar-refractivity contribution in [3.63, 3.8) is 0 Å². The number of rotatable bonds is 8. The van der Waals surface area contributed by atoms with Gasteiger partial charge in [-0.25, -0.2) is 4.79 Å². The van der Waals surface area contributed by atoms with Gasteiger partial charge in [-0.2, -0.15) is 0 Å². The maximum absolute atomic E-state index is 13.6. The Morgan fingerprint density at radius 3 is 2.17 bits per heavy atom. The number of esters is 1. The molecule has 1 saturated carbocycles. The Hall–Kier alpha value is -2.02. The molecule has 188 valence electrons. The zero-order valence-corrected chi connectivity index (χ0v) is 22.0. The number of ketones is 1. The average molecular weight is 542 g/mol. The average Bonchev–Trinajstić information content (AvgIpc) is 2.89. The first-order valence-electron chi connectivity index (χ1n) is 13.1. The van der Waals surface area contributed by atoms with Gasteiger partial charge in [-0.1, -0.05) is 79.9 Å². The van der Waals surface area contributed by atoms with Crippen LogP contribution < -0.4 is 22.3 Å². The number of halogens is 1. The van der Waals surface area contributed by atoms with E-state index in [0.717, 1.165) is 60.9 Å². The van der Waals surface area contributed by atoms with Gasteiger partial charge in [-0.05, 0) is 18.4 Å². The molecule has 3 saturated heterocycles. The van der Waals surface area contributed by atoms with Crippen LogP contribution in [0.3, 0.4) is 0 Å². The summed E-state index contributed by atoms with van der Waals surface area (Å²) >= 11 is 0. The summed E-state index contributed by atoms with van der Waals surface area (Å²) < 4.78 is 7.01. The zero-order valence-electron chi connectivity index (χ0n) is 20.4. The summed E-state index contributed by atoms with van der Waals surface area (Å²) in [6.07, 6.45) is 7.87. The Bertz CT molecular complexity index is 970. The van der Waals surface area contributed by atoms with Crippen LogP contribution in [0.5, 0.6) is 0 Å². The topological polar surface area (TPSA) is 55.4 Å². The quantitative estimate of drug-likeness (QED) is 0.314. The first-order chi connectivity index (χ1) is 16.6. The number of Topliss-reactive ketones (excluding diaryl/α,β-unsaturated/α-hetero) is 1. The molecule has 6 rings (SSSR count). The highest BCUT2D eigenvalue weighted by Crippen LogP contribution is 2.36. The van der Waals surface area contributed by atoms with Crippen molar-refractivity contribution in [1.29, 1.82) is 0 Å². The van der Waals surface area contributed by atoms with Crippen molar-refractivity contribution in [3.05, 3.63) is 71.8 Å². The van der Waals surface area contributed by atoms with Crippen molar-refractivity contribution >= 4 is 11.8 Å². The number of quaternary nitrogens is 1. The van der Waals surface area contributed by atoms with E-state index >= 15 is 0 Å². The van der Waals surface area contributed by atoms with E-state index in [9.17, 15) is 9.59 Å². The van der Waals surface area contributed by atoms with E-state index in [1.807, 2.05) is 60.7 Å². The molecule has 1 aliphatic carbocycles. The third kappa shape index (κ3) is 6.22. The number of fused-ring (bicyclic) bond motifs is 3. The molecule has 2 bridgehead atoms. The van der Waals surface area contributed by atoms with Gasteiger partial charge >= 0.3 is 5.97 Å². The Morgan fingerprint density at radius 2 is 1.51 bits per heavy atom. The summed E-state index contributed by atoms with van der Waals surface area (Å²) in [5, 5.41) is 3.64. The molecule has 2 atom stereocenters. The molecule has 1 N–H and O–H groups in total. The molecule has 0 amide bonds. The van der Waals surface area contributed by atoms with E-state index in [-0.39, 0.29) is 34.8 Å². The minimum absolute atomic E-state index is 0. The van der Waals surface area contributed by atoms with E-state index in [1.54, 1.807) is 0 Å². The number of hydrogen-bond donors (Lipinski definition) is 1. The molecule has 5 nitrogen and oxygen atoms in total.